The van der Waals surface area contributed by atoms with E-state index in [4.69, 9.17) is 4.74 Å². The van der Waals surface area contributed by atoms with Gasteiger partial charge in [0.15, 0.2) is 0 Å². The van der Waals surface area contributed by atoms with Gasteiger partial charge >= 0.3 is 0 Å². The van der Waals surface area contributed by atoms with Crippen LogP contribution in [0.25, 0.3) is 0 Å². The first-order valence-corrected chi connectivity index (χ1v) is 5.34. The van der Waals surface area contributed by atoms with Crippen molar-refractivity contribution in [3.63, 3.8) is 0 Å². The maximum absolute atomic E-state index is 11.6. The summed E-state index contributed by atoms with van der Waals surface area (Å²) in [7, 11) is 0. The zero-order chi connectivity index (χ0) is 10.4. The predicted molar refractivity (Wildman–Crippen MR) is 53.9 cm³/mol. The fourth-order valence-corrected chi connectivity index (χ4v) is 2.22. The van der Waals surface area contributed by atoms with Gasteiger partial charge in [0.05, 0.1) is 12.2 Å². The van der Waals surface area contributed by atoms with Crippen LogP contribution in [0.3, 0.4) is 0 Å². The van der Waals surface area contributed by atoms with Crippen molar-refractivity contribution in [2.45, 2.75) is 39.2 Å². The standard InChI is InChI=1S/C11H19NO2/c1-10(2,3)9(13)12-7-11-4-8(5-11)6-14-11/h8H,4-7H2,1-3H3,(H,12,13)/t8-,11+. The summed E-state index contributed by atoms with van der Waals surface area (Å²) in [6.45, 7) is 7.38. The lowest BCUT2D eigenvalue weighted by Gasteiger charge is -2.36. The Morgan fingerprint density at radius 3 is 2.57 bits per heavy atom. The van der Waals surface area contributed by atoms with Crippen LogP contribution < -0.4 is 5.32 Å². The largest absolute Gasteiger partial charge is 0.373 e. The molecule has 1 N–H and O–H groups in total. The first-order chi connectivity index (χ1) is 6.41. The Bertz CT molecular complexity index is 243. The molecule has 0 radical (unpaired) electrons. The van der Waals surface area contributed by atoms with E-state index in [9.17, 15) is 4.79 Å². The number of nitrogens with one attached hydrogen (secondary N) is 1. The first kappa shape index (κ1) is 9.97. The molecule has 3 rings (SSSR count). The number of hydrogen-bond donors (Lipinski definition) is 1. The van der Waals surface area contributed by atoms with Crippen LogP contribution in [0.15, 0.2) is 0 Å². The van der Waals surface area contributed by atoms with Crippen molar-refractivity contribution >= 4 is 5.91 Å². The van der Waals surface area contributed by atoms with Crippen molar-refractivity contribution in [2.75, 3.05) is 13.2 Å². The summed E-state index contributed by atoms with van der Waals surface area (Å²) < 4.78 is 5.66. The van der Waals surface area contributed by atoms with Gasteiger partial charge in [0.25, 0.3) is 0 Å². The smallest absolute Gasteiger partial charge is 0.225 e. The molecule has 1 aliphatic carbocycles. The molecule has 0 atom stereocenters. The second-order valence-electron chi connectivity index (χ2n) is 5.70. The molecule has 0 unspecified atom stereocenters. The van der Waals surface area contributed by atoms with Crippen molar-refractivity contribution in [3.8, 4) is 0 Å². The highest BCUT2D eigenvalue weighted by atomic mass is 16.5. The van der Waals surface area contributed by atoms with E-state index in [1.54, 1.807) is 0 Å². The predicted octanol–water partition coefficient (Wildman–Crippen LogP) is 1.33. The zero-order valence-electron chi connectivity index (χ0n) is 9.22. The van der Waals surface area contributed by atoms with Gasteiger partial charge in [-0.2, -0.15) is 0 Å². The fourth-order valence-electron chi connectivity index (χ4n) is 2.22. The van der Waals surface area contributed by atoms with E-state index in [2.05, 4.69) is 5.32 Å². The molecule has 2 bridgehead atoms. The molecule has 80 valence electrons. The molecular formula is C11H19NO2. The minimum atomic E-state index is -0.293. The number of ether oxygens (including phenoxy) is 1. The molecule has 3 aliphatic rings. The van der Waals surface area contributed by atoms with Gasteiger partial charge in [0.1, 0.15) is 0 Å². The second kappa shape index (κ2) is 2.96. The molecule has 3 fully saturated rings. The van der Waals surface area contributed by atoms with E-state index < -0.39 is 0 Å². The summed E-state index contributed by atoms with van der Waals surface area (Å²) in [6, 6.07) is 0. The maximum Gasteiger partial charge on any atom is 0.225 e. The SMILES string of the molecule is CC(C)(C)C(=O)NC[C@]12C[C@H](CO1)C2. The third-order valence-electron chi connectivity index (χ3n) is 3.20. The number of fused-ring (bicyclic) bond motifs is 1. The van der Waals surface area contributed by atoms with Gasteiger partial charge in [0, 0.05) is 12.0 Å². The van der Waals surface area contributed by atoms with Crippen LogP contribution in [0.5, 0.6) is 0 Å². The van der Waals surface area contributed by atoms with Gasteiger partial charge in [-0.15, -0.1) is 0 Å². The highest BCUT2D eigenvalue weighted by Gasteiger charge is 2.52. The number of carbonyl (C=O) groups excluding carboxylic acids is 1. The van der Waals surface area contributed by atoms with E-state index in [0.717, 1.165) is 25.4 Å². The Kier molecular flexibility index (Phi) is 2.11. The lowest BCUT2D eigenvalue weighted by atomic mass is 9.74. The third kappa shape index (κ3) is 1.65. The van der Waals surface area contributed by atoms with Crippen molar-refractivity contribution in [1.82, 2.24) is 5.32 Å². The monoisotopic (exact) mass is 197 g/mol. The van der Waals surface area contributed by atoms with E-state index in [1.807, 2.05) is 20.8 Å². The molecule has 14 heavy (non-hydrogen) atoms. The molecule has 0 aromatic heterocycles. The lowest BCUT2D eigenvalue weighted by molar-refractivity contribution is -0.130. The molecule has 1 saturated carbocycles. The molecule has 2 heterocycles. The Labute approximate surface area is 85.2 Å². The fraction of sp³-hybridized carbons (Fsp3) is 0.909. The topological polar surface area (TPSA) is 38.3 Å². The lowest BCUT2D eigenvalue weighted by Crippen LogP contribution is -2.49. The van der Waals surface area contributed by atoms with Crippen molar-refractivity contribution in [3.05, 3.63) is 0 Å². The Morgan fingerprint density at radius 2 is 2.14 bits per heavy atom. The zero-order valence-corrected chi connectivity index (χ0v) is 9.22. The van der Waals surface area contributed by atoms with Crippen LogP contribution >= 0.6 is 0 Å². The minimum absolute atomic E-state index is 0.00553. The summed E-state index contributed by atoms with van der Waals surface area (Å²) in [5.74, 6) is 0.882. The molecule has 2 aliphatic heterocycles. The summed E-state index contributed by atoms with van der Waals surface area (Å²) in [5, 5.41) is 2.98. The molecule has 0 aromatic carbocycles. The van der Waals surface area contributed by atoms with E-state index >= 15 is 0 Å². The van der Waals surface area contributed by atoms with E-state index in [0.29, 0.717) is 6.54 Å². The highest BCUT2D eigenvalue weighted by molar-refractivity contribution is 5.81. The van der Waals surface area contributed by atoms with Crippen LogP contribution in [0.1, 0.15) is 33.6 Å². The average molecular weight is 197 g/mol. The number of amides is 1. The summed E-state index contributed by atoms with van der Waals surface area (Å²) >= 11 is 0. The number of hydrogen-bond acceptors (Lipinski definition) is 2. The maximum atomic E-state index is 11.6. The van der Waals surface area contributed by atoms with Crippen LogP contribution in [-0.2, 0) is 9.53 Å². The van der Waals surface area contributed by atoms with Crippen molar-refractivity contribution < 1.29 is 9.53 Å². The summed E-state index contributed by atoms with van der Waals surface area (Å²) in [5.41, 5.74) is -0.288. The molecule has 3 heteroatoms. The Hall–Kier alpha value is -0.570. The van der Waals surface area contributed by atoms with Crippen molar-refractivity contribution in [2.24, 2.45) is 11.3 Å². The van der Waals surface area contributed by atoms with E-state index in [-0.39, 0.29) is 16.9 Å². The molecule has 2 saturated heterocycles. The van der Waals surface area contributed by atoms with E-state index in [1.165, 1.54) is 0 Å². The van der Waals surface area contributed by atoms with Gasteiger partial charge in [-0.25, -0.2) is 0 Å². The third-order valence-corrected chi connectivity index (χ3v) is 3.20. The van der Waals surface area contributed by atoms with Crippen LogP contribution in [0.2, 0.25) is 0 Å². The van der Waals surface area contributed by atoms with Crippen molar-refractivity contribution in [1.29, 1.82) is 0 Å². The molecule has 0 aromatic rings. The number of carbonyl (C=O) groups is 1. The molecule has 1 amide bonds. The molecule has 3 nitrogen and oxygen atoms in total. The second-order valence-corrected chi connectivity index (χ2v) is 5.70. The minimum Gasteiger partial charge on any atom is -0.373 e. The Morgan fingerprint density at radius 1 is 1.50 bits per heavy atom. The van der Waals surface area contributed by atoms with Gasteiger partial charge in [-0.3, -0.25) is 4.79 Å². The van der Waals surface area contributed by atoms with Crippen LogP contribution in [0, 0.1) is 11.3 Å². The van der Waals surface area contributed by atoms with Gasteiger partial charge in [0.2, 0.25) is 5.91 Å². The summed E-state index contributed by atoms with van der Waals surface area (Å²) in [4.78, 5) is 11.6. The number of rotatable bonds is 2. The first-order valence-electron chi connectivity index (χ1n) is 5.34. The van der Waals surface area contributed by atoms with Gasteiger partial charge in [-0.05, 0) is 18.8 Å². The average Bonchev–Trinajstić information content (AvgIpc) is 2.55. The highest BCUT2D eigenvalue weighted by Crippen LogP contribution is 2.47. The molecular weight excluding hydrogens is 178 g/mol. The normalized spacial score (nSPS) is 35.2. The molecule has 0 spiro atoms. The van der Waals surface area contributed by atoms with Crippen LogP contribution in [0.4, 0.5) is 0 Å². The quantitative estimate of drug-likeness (QED) is 0.725. The van der Waals surface area contributed by atoms with Gasteiger partial charge in [-0.1, -0.05) is 20.8 Å². The van der Waals surface area contributed by atoms with Gasteiger partial charge < -0.3 is 10.1 Å². The Balaban J connectivity index is 1.80. The van der Waals surface area contributed by atoms with Crippen LogP contribution in [-0.4, -0.2) is 24.7 Å². The summed E-state index contributed by atoms with van der Waals surface area (Å²) in [6.07, 6.45) is 2.27.